The lowest BCUT2D eigenvalue weighted by Gasteiger charge is -2.27. The Kier molecular flexibility index (Phi) is 3.32. The first-order valence-electron chi connectivity index (χ1n) is 7.68. The van der Waals surface area contributed by atoms with Gasteiger partial charge in [-0.2, -0.15) is 0 Å². The Balaban J connectivity index is 2.30. The van der Waals surface area contributed by atoms with Crippen molar-refractivity contribution in [2.45, 2.75) is 45.4 Å². The van der Waals surface area contributed by atoms with E-state index in [2.05, 4.69) is 64.1 Å². The smallest absolute Gasteiger partial charge is 0.127 e. The third-order valence-corrected chi connectivity index (χ3v) is 4.40. The molecule has 0 bridgehead atoms. The first-order chi connectivity index (χ1) is 9.91. The molecule has 0 spiro atoms. The van der Waals surface area contributed by atoms with E-state index in [1.165, 1.54) is 27.8 Å². The van der Waals surface area contributed by atoms with Crippen LogP contribution in [0, 0.1) is 0 Å². The van der Waals surface area contributed by atoms with Crippen molar-refractivity contribution < 1.29 is 4.74 Å². The number of benzene rings is 1. The Hall–Kier alpha value is -1.76. The highest BCUT2D eigenvalue weighted by Gasteiger charge is 2.29. The highest BCUT2D eigenvalue weighted by Crippen LogP contribution is 2.45. The van der Waals surface area contributed by atoms with Crippen LogP contribution in [0.15, 0.2) is 35.9 Å². The molecule has 110 valence electrons. The lowest BCUT2D eigenvalue weighted by Crippen LogP contribution is -2.16. The lowest BCUT2D eigenvalue weighted by molar-refractivity contribution is 0.392. The number of hydrogen-bond donors (Lipinski definition) is 0. The van der Waals surface area contributed by atoms with E-state index in [0.717, 1.165) is 12.2 Å². The van der Waals surface area contributed by atoms with Crippen LogP contribution in [0.3, 0.4) is 0 Å². The molecule has 0 fully saturated rings. The Morgan fingerprint density at radius 3 is 2.38 bits per heavy atom. The van der Waals surface area contributed by atoms with Gasteiger partial charge < -0.3 is 4.74 Å². The van der Waals surface area contributed by atoms with Crippen molar-refractivity contribution in [1.82, 2.24) is 0 Å². The van der Waals surface area contributed by atoms with Gasteiger partial charge in [0.2, 0.25) is 0 Å². The van der Waals surface area contributed by atoms with E-state index < -0.39 is 0 Å². The van der Waals surface area contributed by atoms with Crippen LogP contribution in [0.5, 0.6) is 5.75 Å². The molecule has 1 aromatic carbocycles. The molecule has 1 nitrogen and oxygen atoms in total. The van der Waals surface area contributed by atoms with Gasteiger partial charge in [0.15, 0.2) is 0 Å². The second-order valence-corrected chi connectivity index (χ2v) is 7.16. The van der Waals surface area contributed by atoms with Crippen LogP contribution in [0.4, 0.5) is 0 Å². The average Bonchev–Trinajstić information content (AvgIpc) is 3.02. The van der Waals surface area contributed by atoms with E-state index in [0.29, 0.717) is 5.92 Å². The van der Waals surface area contributed by atoms with Crippen molar-refractivity contribution in [2.24, 2.45) is 0 Å². The first kappa shape index (κ1) is 14.2. The third kappa shape index (κ3) is 2.35. The zero-order valence-corrected chi connectivity index (χ0v) is 13.7. The molecule has 0 heterocycles. The number of rotatable bonds is 2. The SMILES string of the molecule is COc1c(C(C)(C)C)cc2c(c1C1C=CC=C1)C=C(C)C2. The molecule has 0 saturated carbocycles. The number of hydrogen-bond acceptors (Lipinski definition) is 1. The van der Waals surface area contributed by atoms with Crippen LogP contribution >= 0.6 is 0 Å². The molecule has 0 aromatic heterocycles. The van der Waals surface area contributed by atoms with Gasteiger partial charge in [-0.25, -0.2) is 0 Å². The molecule has 0 aliphatic heterocycles. The summed E-state index contributed by atoms with van der Waals surface area (Å²) in [5, 5.41) is 0. The second kappa shape index (κ2) is 4.91. The molecule has 0 saturated heterocycles. The molecular weight excluding hydrogens is 256 g/mol. The highest BCUT2D eigenvalue weighted by atomic mass is 16.5. The molecule has 0 radical (unpaired) electrons. The molecule has 0 N–H and O–H groups in total. The maximum Gasteiger partial charge on any atom is 0.127 e. The molecule has 0 amide bonds. The van der Waals surface area contributed by atoms with Crippen LogP contribution < -0.4 is 4.74 Å². The largest absolute Gasteiger partial charge is 0.496 e. The fourth-order valence-corrected chi connectivity index (χ4v) is 3.40. The second-order valence-electron chi connectivity index (χ2n) is 7.16. The van der Waals surface area contributed by atoms with E-state index in [9.17, 15) is 0 Å². The van der Waals surface area contributed by atoms with Crippen LogP contribution in [-0.4, -0.2) is 7.11 Å². The summed E-state index contributed by atoms with van der Waals surface area (Å²) in [7, 11) is 1.80. The van der Waals surface area contributed by atoms with E-state index in [1.807, 2.05) is 0 Å². The van der Waals surface area contributed by atoms with Crippen molar-refractivity contribution in [3.63, 3.8) is 0 Å². The number of allylic oxidation sites excluding steroid dienone is 5. The maximum absolute atomic E-state index is 5.88. The summed E-state index contributed by atoms with van der Waals surface area (Å²) in [6.45, 7) is 9.00. The fraction of sp³-hybridized carbons (Fsp3) is 0.400. The Labute approximate surface area is 128 Å². The van der Waals surface area contributed by atoms with E-state index >= 15 is 0 Å². The number of fused-ring (bicyclic) bond motifs is 1. The standard InChI is InChI=1S/C20H24O/c1-13-10-15-12-17(20(2,3)4)19(21-5)18(16(15)11-13)14-8-6-7-9-14/h6-9,11-12,14H,10H2,1-5H3. The minimum atomic E-state index is 0.0810. The summed E-state index contributed by atoms with van der Waals surface area (Å²) in [4.78, 5) is 0. The van der Waals surface area contributed by atoms with Crippen LogP contribution in [0.1, 0.15) is 55.9 Å². The normalized spacial score (nSPS) is 17.3. The summed E-state index contributed by atoms with van der Waals surface area (Å²) < 4.78 is 5.88. The summed E-state index contributed by atoms with van der Waals surface area (Å²) in [5.41, 5.74) is 6.99. The van der Waals surface area contributed by atoms with E-state index in [-0.39, 0.29) is 5.41 Å². The van der Waals surface area contributed by atoms with Gasteiger partial charge in [0.1, 0.15) is 5.75 Å². The Bertz CT molecular complexity index is 654. The zero-order chi connectivity index (χ0) is 15.2. The maximum atomic E-state index is 5.88. The monoisotopic (exact) mass is 280 g/mol. The molecule has 0 unspecified atom stereocenters. The highest BCUT2D eigenvalue weighted by molar-refractivity contribution is 5.73. The summed E-state index contributed by atoms with van der Waals surface area (Å²) >= 11 is 0. The predicted octanol–water partition coefficient (Wildman–Crippen LogP) is 5.16. The van der Waals surface area contributed by atoms with Gasteiger partial charge in [-0.1, -0.05) is 62.8 Å². The topological polar surface area (TPSA) is 9.23 Å². The molecule has 2 aliphatic rings. The number of ether oxygens (including phenoxy) is 1. The molecular formula is C20H24O. The Morgan fingerprint density at radius 1 is 1.14 bits per heavy atom. The van der Waals surface area contributed by atoms with E-state index in [4.69, 9.17) is 4.74 Å². The van der Waals surface area contributed by atoms with Gasteiger partial charge in [-0.15, -0.1) is 0 Å². The first-order valence-corrected chi connectivity index (χ1v) is 7.68. The summed E-state index contributed by atoms with van der Waals surface area (Å²) in [6, 6.07) is 2.35. The van der Waals surface area contributed by atoms with Crippen molar-refractivity contribution in [3.8, 4) is 5.75 Å². The van der Waals surface area contributed by atoms with Gasteiger partial charge in [0, 0.05) is 17.0 Å². The van der Waals surface area contributed by atoms with Crippen LogP contribution in [0.2, 0.25) is 0 Å². The minimum Gasteiger partial charge on any atom is -0.496 e. The molecule has 2 aliphatic carbocycles. The minimum absolute atomic E-state index is 0.0810. The predicted molar refractivity (Wildman–Crippen MR) is 90.1 cm³/mol. The fourth-order valence-electron chi connectivity index (χ4n) is 3.40. The molecule has 3 rings (SSSR count). The quantitative estimate of drug-likeness (QED) is 0.727. The molecule has 1 aromatic rings. The van der Waals surface area contributed by atoms with Gasteiger partial charge in [0.25, 0.3) is 0 Å². The summed E-state index contributed by atoms with van der Waals surface area (Å²) in [5.74, 6) is 1.39. The van der Waals surface area contributed by atoms with Crippen molar-refractivity contribution >= 4 is 6.08 Å². The van der Waals surface area contributed by atoms with Gasteiger partial charge in [0.05, 0.1) is 7.11 Å². The average molecular weight is 280 g/mol. The van der Waals surface area contributed by atoms with Gasteiger partial charge in [-0.05, 0) is 29.9 Å². The van der Waals surface area contributed by atoms with E-state index in [1.54, 1.807) is 7.11 Å². The molecule has 1 heteroatoms. The van der Waals surface area contributed by atoms with Crippen LogP contribution in [-0.2, 0) is 11.8 Å². The third-order valence-electron chi connectivity index (χ3n) is 4.40. The van der Waals surface area contributed by atoms with Gasteiger partial charge >= 0.3 is 0 Å². The molecule has 0 atom stereocenters. The van der Waals surface area contributed by atoms with Crippen molar-refractivity contribution in [3.05, 3.63) is 58.2 Å². The lowest BCUT2D eigenvalue weighted by atomic mass is 9.80. The zero-order valence-electron chi connectivity index (χ0n) is 13.7. The van der Waals surface area contributed by atoms with Crippen molar-refractivity contribution in [2.75, 3.05) is 7.11 Å². The Morgan fingerprint density at radius 2 is 1.81 bits per heavy atom. The van der Waals surface area contributed by atoms with Gasteiger partial charge in [-0.3, -0.25) is 0 Å². The summed E-state index contributed by atoms with van der Waals surface area (Å²) in [6.07, 6.45) is 12.2. The molecule has 21 heavy (non-hydrogen) atoms. The van der Waals surface area contributed by atoms with Crippen LogP contribution in [0.25, 0.3) is 6.08 Å². The van der Waals surface area contributed by atoms with Crippen molar-refractivity contribution in [1.29, 1.82) is 0 Å². The number of methoxy groups -OCH3 is 1.